The van der Waals surface area contributed by atoms with Crippen LogP contribution in [0.25, 0.3) is 0 Å². The van der Waals surface area contributed by atoms with E-state index >= 15 is 0 Å². The van der Waals surface area contributed by atoms with Crippen LogP contribution in [0.5, 0.6) is 5.75 Å². The normalized spacial score (nSPS) is 19.2. The molecule has 3 heteroatoms. The van der Waals surface area contributed by atoms with Crippen LogP contribution in [0, 0.1) is 0 Å². The molecule has 21 heavy (non-hydrogen) atoms. The first-order valence-corrected chi connectivity index (χ1v) is 7.44. The SMILES string of the molecule is COc1ccc(NC(c2ccccc2)C2CCCO2)cc1. The minimum atomic E-state index is 0.182. The van der Waals surface area contributed by atoms with Crippen LogP contribution in [0.15, 0.2) is 54.6 Å². The maximum absolute atomic E-state index is 5.90. The number of anilines is 1. The fraction of sp³-hybridized carbons (Fsp3) is 0.333. The Morgan fingerprint density at radius 2 is 1.86 bits per heavy atom. The van der Waals surface area contributed by atoms with Gasteiger partial charge in [-0.25, -0.2) is 0 Å². The molecule has 3 rings (SSSR count). The van der Waals surface area contributed by atoms with Crippen LogP contribution in [0.2, 0.25) is 0 Å². The molecule has 0 amide bonds. The first kappa shape index (κ1) is 14.0. The van der Waals surface area contributed by atoms with E-state index in [2.05, 4.69) is 29.6 Å². The van der Waals surface area contributed by atoms with Gasteiger partial charge in [0.15, 0.2) is 0 Å². The van der Waals surface area contributed by atoms with E-state index in [0.29, 0.717) is 0 Å². The zero-order chi connectivity index (χ0) is 14.5. The lowest BCUT2D eigenvalue weighted by molar-refractivity contribution is 0.0954. The number of methoxy groups -OCH3 is 1. The van der Waals surface area contributed by atoms with Crippen molar-refractivity contribution in [1.82, 2.24) is 0 Å². The van der Waals surface area contributed by atoms with Crippen molar-refractivity contribution in [3.63, 3.8) is 0 Å². The van der Waals surface area contributed by atoms with Crippen LogP contribution < -0.4 is 10.1 Å². The summed E-state index contributed by atoms with van der Waals surface area (Å²) in [4.78, 5) is 0. The van der Waals surface area contributed by atoms with E-state index in [0.717, 1.165) is 30.9 Å². The summed E-state index contributed by atoms with van der Waals surface area (Å²) in [5.74, 6) is 0.869. The third-order valence-corrected chi connectivity index (χ3v) is 3.91. The number of hydrogen-bond donors (Lipinski definition) is 1. The minimum Gasteiger partial charge on any atom is -0.497 e. The summed E-state index contributed by atoms with van der Waals surface area (Å²) in [6.07, 6.45) is 2.47. The summed E-state index contributed by atoms with van der Waals surface area (Å²) in [7, 11) is 1.68. The second kappa shape index (κ2) is 6.64. The molecule has 1 fully saturated rings. The van der Waals surface area contributed by atoms with E-state index in [4.69, 9.17) is 9.47 Å². The van der Waals surface area contributed by atoms with Gasteiger partial charge in [0.05, 0.1) is 19.3 Å². The van der Waals surface area contributed by atoms with Gasteiger partial charge in [-0.1, -0.05) is 30.3 Å². The fourth-order valence-corrected chi connectivity index (χ4v) is 2.78. The van der Waals surface area contributed by atoms with Crippen LogP contribution in [0.4, 0.5) is 5.69 Å². The van der Waals surface area contributed by atoms with Crippen molar-refractivity contribution in [2.24, 2.45) is 0 Å². The van der Waals surface area contributed by atoms with Crippen LogP contribution in [-0.4, -0.2) is 19.8 Å². The van der Waals surface area contributed by atoms with Crippen LogP contribution >= 0.6 is 0 Å². The van der Waals surface area contributed by atoms with Gasteiger partial charge >= 0.3 is 0 Å². The lowest BCUT2D eigenvalue weighted by Crippen LogP contribution is -2.25. The van der Waals surface area contributed by atoms with Crippen LogP contribution in [0.3, 0.4) is 0 Å². The van der Waals surface area contributed by atoms with Gasteiger partial charge in [0.25, 0.3) is 0 Å². The van der Waals surface area contributed by atoms with Gasteiger partial charge in [-0.2, -0.15) is 0 Å². The Labute approximate surface area is 125 Å². The molecular weight excluding hydrogens is 262 g/mol. The van der Waals surface area contributed by atoms with Crippen molar-refractivity contribution >= 4 is 5.69 Å². The molecule has 1 saturated heterocycles. The van der Waals surface area contributed by atoms with Gasteiger partial charge in [0.1, 0.15) is 5.75 Å². The highest BCUT2D eigenvalue weighted by Crippen LogP contribution is 2.30. The number of benzene rings is 2. The van der Waals surface area contributed by atoms with Gasteiger partial charge in [-0.05, 0) is 42.7 Å². The van der Waals surface area contributed by atoms with Crippen molar-refractivity contribution in [3.8, 4) is 5.75 Å². The predicted octanol–water partition coefficient (Wildman–Crippen LogP) is 4.03. The maximum atomic E-state index is 5.90. The number of ether oxygens (including phenoxy) is 2. The molecule has 0 aliphatic carbocycles. The van der Waals surface area contributed by atoms with E-state index in [1.807, 2.05) is 30.3 Å². The molecule has 2 atom stereocenters. The Bertz CT molecular complexity index is 547. The highest BCUT2D eigenvalue weighted by Gasteiger charge is 2.27. The summed E-state index contributed by atoms with van der Waals surface area (Å²) in [6, 6.07) is 18.7. The molecule has 1 aliphatic heterocycles. The minimum absolute atomic E-state index is 0.182. The Hall–Kier alpha value is -2.00. The maximum Gasteiger partial charge on any atom is 0.119 e. The Balaban J connectivity index is 1.81. The first-order chi connectivity index (χ1) is 10.4. The molecule has 0 bridgehead atoms. The van der Waals surface area contributed by atoms with Crippen LogP contribution in [0.1, 0.15) is 24.4 Å². The Morgan fingerprint density at radius 1 is 1.10 bits per heavy atom. The molecule has 2 aromatic rings. The highest BCUT2D eigenvalue weighted by atomic mass is 16.5. The summed E-state index contributed by atoms with van der Waals surface area (Å²) in [6.45, 7) is 0.859. The van der Waals surface area contributed by atoms with E-state index in [1.165, 1.54) is 5.56 Å². The number of rotatable bonds is 5. The molecule has 0 spiro atoms. The Morgan fingerprint density at radius 3 is 2.48 bits per heavy atom. The van der Waals surface area contributed by atoms with Crippen molar-refractivity contribution in [2.75, 3.05) is 19.0 Å². The largest absolute Gasteiger partial charge is 0.497 e. The van der Waals surface area contributed by atoms with E-state index in [1.54, 1.807) is 7.11 Å². The quantitative estimate of drug-likeness (QED) is 0.898. The first-order valence-electron chi connectivity index (χ1n) is 7.44. The monoisotopic (exact) mass is 283 g/mol. The number of hydrogen-bond acceptors (Lipinski definition) is 3. The molecule has 1 N–H and O–H groups in total. The van der Waals surface area contributed by atoms with Gasteiger partial charge < -0.3 is 14.8 Å². The van der Waals surface area contributed by atoms with E-state index in [-0.39, 0.29) is 12.1 Å². The summed E-state index contributed by atoms with van der Waals surface area (Å²) < 4.78 is 11.1. The highest BCUT2D eigenvalue weighted by molar-refractivity contribution is 5.48. The molecule has 3 nitrogen and oxygen atoms in total. The topological polar surface area (TPSA) is 30.5 Å². The number of nitrogens with one attached hydrogen (secondary N) is 1. The zero-order valence-electron chi connectivity index (χ0n) is 12.3. The van der Waals surface area contributed by atoms with Gasteiger partial charge in [0.2, 0.25) is 0 Å². The van der Waals surface area contributed by atoms with Crippen molar-refractivity contribution < 1.29 is 9.47 Å². The molecule has 1 aliphatic rings. The summed E-state index contributed by atoms with van der Waals surface area (Å²) in [5.41, 5.74) is 2.35. The summed E-state index contributed by atoms with van der Waals surface area (Å²) in [5, 5.41) is 3.61. The van der Waals surface area contributed by atoms with Crippen molar-refractivity contribution in [2.45, 2.75) is 25.0 Å². The van der Waals surface area contributed by atoms with Crippen LogP contribution in [-0.2, 0) is 4.74 Å². The smallest absolute Gasteiger partial charge is 0.119 e. The molecule has 110 valence electrons. The standard InChI is InChI=1S/C18H21NO2/c1-20-16-11-9-15(10-12-16)19-18(17-8-5-13-21-17)14-6-3-2-4-7-14/h2-4,6-7,9-12,17-19H,5,8,13H2,1H3. The van der Waals surface area contributed by atoms with Gasteiger partial charge in [-0.15, -0.1) is 0 Å². The molecular formula is C18H21NO2. The van der Waals surface area contributed by atoms with Crippen molar-refractivity contribution in [1.29, 1.82) is 0 Å². The molecule has 0 saturated carbocycles. The fourth-order valence-electron chi connectivity index (χ4n) is 2.78. The van der Waals surface area contributed by atoms with Crippen molar-refractivity contribution in [3.05, 3.63) is 60.2 Å². The Kier molecular flexibility index (Phi) is 4.41. The van der Waals surface area contributed by atoms with Gasteiger partial charge in [-0.3, -0.25) is 0 Å². The lowest BCUT2D eigenvalue weighted by Gasteiger charge is -2.26. The summed E-state index contributed by atoms with van der Waals surface area (Å²) >= 11 is 0. The molecule has 2 aromatic carbocycles. The van der Waals surface area contributed by atoms with E-state index < -0.39 is 0 Å². The third kappa shape index (κ3) is 3.37. The molecule has 2 unspecified atom stereocenters. The third-order valence-electron chi connectivity index (χ3n) is 3.91. The average molecular weight is 283 g/mol. The lowest BCUT2D eigenvalue weighted by atomic mass is 9.99. The zero-order valence-corrected chi connectivity index (χ0v) is 12.3. The predicted molar refractivity (Wildman–Crippen MR) is 84.8 cm³/mol. The van der Waals surface area contributed by atoms with E-state index in [9.17, 15) is 0 Å². The average Bonchev–Trinajstić information content (AvgIpc) is 3.08. The molecule has 0 radical (unpaired) electrons. The second-order valence-corrected chi connectivity index (χ2v) is 5.31. The van der Waals surface area contributed by atoms with Gasteiger partial charge in [0, 0.05) is 12.3 Å². The molecule has 1 heterocycles. The second-order valence-electron chi connectivity index (χ2n) is 5.31. The molecule has 0 aromatic heterocycles.